The number of fused-ring (bicyclic) bond motifs is 2. The van der Waals surface area contributed by atoms with Gasteiger partial charge in [0.25, 0.3) is 0 Å². The molecule has 0 unspecified atom stereocenters. The second-order valence-electron chi connectivity index (χ2n) is 9.41. The van der Waals surface area contributed by atoms with Crippen LogP contribution in [0.4, 0.5) is 0 Å². The molecule has 2 aliphatic carbocycles. The van der Waals surface area contributed by atoms with Gasteiger partial charge in [-0.25, -0.2) is 4.79 Å². The molecule has 160 valence electrons. The van der Waals surface area contributed by atoms with Crippen LogP contribution in [0.1, 0.15) is 70.8 Å². The first-order valence-electron chi connectivity index (χ1n) is 10.7. The summed E-state index contributed by atoms with van der Waals surface area (Å²) in [4.78, 5) is 25.1. The maximum Gasteiger partial charge on any atom is 0.333 e. The normalized spacial score (nSPS) is 29.2. The first kappa shape index (κ1) is 21.7. The largest absolute Gasteiger partial charge is 0.469 e. The number of hydrogen-bond acceptors (Lipinski definition) is 5. The number of aryl methyl sites for hydroxylation is 1. The highest BCUT2D eigenvalue weighted by atomic mass is 16.6. The Balaban J connectivity index is 1.92. The van der Waals surface area contributed by atoms with Crippen molar-refractivity contribution in [3.63, 3.8) is 0 Å². The summed E-state index contributed by atoms with van der Waals surface area (Å²) in [7, 11) is 0. The van der Waals surface area contributed by atoms with Gasteiger partial charge in [0.05, 0.1) is 6.26 Å². The Kier molecular flexibility index (Phi) is 6.25. The van der Waals surface area contributed by atoms with Crippen LogP contribution in [0.5, 0.6) is 0 Å². The molecule has 0 saturated heterocycles. The molecule has 5 heteroatoms. The van der Waals surface area contributed by atoms with Gasteiger partial charge in [-0.1, -0.05) is 26.8 Å². The molecule has 1 saturated carbocycles. The predicted octanol–water partition coefficient (Wildman–Crippen LogP) is 4.94. The van der Waals surface area contributed by atoms with E-state index in [1.807, 2.05) is 27.0 Å². The molecule has 0 aromatic carbocycles. The van der Waals surface area contributed by atoms with Crippen molar-refractivity contribution in [1.82, 2.24) is 0 Å². The van der Waals surface area contributed by atoms with E-state index >= 15 is 0 Å². The number of carbonyl (C=O) groups excluding carboxylic acids is 2. The third kappa shape index (κ3) is 4.29. The molecule has 0 spiro atoms. The fourth-order valence-corrected chi connectivity index (χ4v) is 4.83. The molecule has 0 N–H and O–H groups in total. The Morgan fingerprint density at radius 2 is 2.03 bits per heavy atom. The van der Waals surface area contributed by atoms with Gasteiger partial charge in [0.1, 0.15) is 18.0 Å². The van der Waals surface area contributed by atoms with E-state index in [0.29, 0.717) is 24.3 Å². The van der Waals surface area contributed by atoms with Gasteiger partial charge in [-0.05, 0) is 63.0 Å². The van der Waals surface area contributed by atoms with Gasteiger partial charge in [0.15, 0.2) is 0 Å². The Hall–Kier alpha value is -2.04. The second kappa shape index (κ2) is 8.37. The summed E-state index contributed by atoms with van der Waals surface area (Å²) >= 11 is 0. The highest BCUT2D eigenvalue weighted by Crippen LogP contribution is 2.51. The molecule has 5 nitrogen and oxygen atoms in total. The first-order chi connectivity index (χ1) is 13.7. The lowest BCUT2D eigenvalue weighted by Gasteiger charge is -2.51. The Bertz CT molecular complexity index is 802. The summed E-state index contributed by atoms with van der Waals surface area (Å²) < 4.78 is 17.7. The lowest BCUT2D eigenvalue weighted by molar-refractivity contribution is -0.192. The van der Waals surface area contributed by atoms with Crippen LogP contribution < -0.4 is 0 Å². The van der Waals surface area contributed by atoms with Gasteiger partial charge in [-0.3, -0.25) is 4.79 Å². The maximum atomic E-state index is 12.7. The highest BCUT2D eigenvalue weighted by molar-refractivity contribution is 5.87. The van der Waals surface area contributed by atoms with E-state index in [0.717, 1.165) is 30.6 Å². The zero-order valence-electron chi connectivity index (χ0n) is 18.5. The fourth-order valence-electron chi connectivity index (χ4n) is 4.83. The van der Waals surface area contributed by atoms with Crippen LogP contribution in [0.3, 0.4) is 0 Å². The Labute approximate surface area is 173 Å². The molecule has 0 bridgehead atoms. The molecule has 1 fully saturated rings. The first-order valence-corrected chi connectivity index (χ1v) is 10.7. The number of allylic oxidation sites excluding steroid dienone is 1. The van der Waals surface area contributed by atoms with Crippen molar-refractivity contribution in [3.05, 3.63) is 34.8 Å². The van der Waals surface area contributed by atoms with Gasteiger partial charge in [-0.2, -0.15) is 0 Å². The number of esters is 2. The van der Waals surface area contributed by atoms with Crippen molar-refractivity contribution in [2.24, 2.45) is 17.3 Å². The molecule has 4 atom stereocenters. The van der Waals surface area contributed by atoms with Crippen molar-refractivity contribution in [2.45, 2.75) is 85.9 Å². The average Bonchev–Trinajstić information content (AvgIpc) is 3.00. The third-order valence-electron chi connectivity index (χ3n) is 6.75. The summed E-state index contributed by atoms with van der Waals surface area (Å²) in [6.45, 7) is 11.8. The number of rotatable bonds is 5. The summed E-state index contributed by atoms with van der Waals surface area (Å²) in [5, 5.41) is 0. The molecule has 1 heterocycles. The van der Waals surface area contributed by atoms with Crippen LogP contribution in [-0.4, -0.2) is 24.1 Å². The molecular weight excluding hydrogens is 368 g/mol. The van der Waals surface area contributed by atoms with E-state index in [1.165, 1.54) is 5.56 Å². The van der Waals surface area contributed by atoms with Crippen molar-refractivity contribution in [2.75, 3.05) is 0 Å². The fraction of sp³-hybridized carbons (Fsp3) is 0.667. The molecular formula is C24H34O5. The SMILES string of the molecule is C/C=C(\C)C(=O)O[C@H]1[C@@H](OC(=O)CC(C)C)CC[C@@H]2Cc3occ(C)c3C[C@@]21C. The Morgan fingerprint density at radius 1 is 1.31 bits per heavy atom. The van der Waals surface area contributed by atoms with Gasteiger partial charge in [0.2, 0.25) is 0 Å². The lowest BCUT2D eigenvalue weighted by Crippen LogP contribution is -2.56. The summed E-state index contributed by atoms with van der Waals surface area (Å²) in [6.07, 6.45) is 6.28. The molecule has 0 aliphatic heterocycles. The van der Waals surface area contributed by atoms with Crippen LogP contribution >= 0.6 is 0 Å². The van der Waals surface area contributed by atoms with Gasteiger partial charge in [-0.15, -0.1) is 0 Å². The van der Waals surface area contributed by atoms with Gasteiger partial charge < -0.3 is 13.9 Å². The highest BCUT2D eigenvalue weighted by Gasteiger charge is 2.54. The van der Waals surface area contributed by atoms with Gasteiger partial charge in [0, 0.05) is 23.8 Å². The lowest BCUT2D eigenvalue weighted by atomic mass is 9.58. The minimum Gasteiger partial charge on any atom is -0.469 e. The molecule has 2 aliphatic rings. The third-order valence-corrected chi connectivity index (χ3v) is 6.75. The quantitative estimate of drug-likeness (QED) is 0.516. The number of carbonyl (C=O) groups is 2. The van der Waals surface area contributed by atoms with Crippen LogP contribution in [0, 0.1) is 24.2 Å². The van der Waals surface area contributed by atoms with E-state index in [-0.39, 0.29) is 23.3 Å². The van der Waals surface area contributed by atoms with Crippen molar-refractivity contribution >= 4 is 11.9 Å². The maximum absolute atomic E-state index is 12.7. The van der Waals surface area contributed by atoms with Crippen LogP contribution in [0.25, 0.3) is 0 Å². The molecule has 0 radical (unpaired) electrons. The van der Waals surface area contributed by atoms with Crippen molar-refractivity contribution in [1.29, 1.82) is 0 Å². The smallest absolute Gasteiger partial charge is 0.333 e. The topological polar surface area (TPSA) is 65.7 Å². The van der Waals surface area contributed by atoms with Crippen LogP contribution in [0.2, 0.25) is 0 Å². The monoisotopic (exact) mass is 402 g/mol. The minimum absolute atomic E-state index is 0.216. The van der Waals surface area contributed by atoms with Crippen LogP contribution in [0.15, 0.2) is 22.3 Å². The average molecular weight is 403 g/mol. The van der Waals surface area contributed by atoms with Crippen molar-refractivity contribution in [3.8, 4) is 0 Å². The predicted molar refractivity (Wildman–Crippen MR) is 110 cm³/mol. The summed E-state index contributed by atoms with van der Waals surface area (Å²) in [5.74, 6) is 1.05. The molecule has 0 amide bonds. The number of hydrogen-bond donors (Lipinski definition) is 0. The molecule has 1 aromatic heterocycles. The van der Waals surface area contributed by atoms with Crippen LogP contribution in [-0.2, 0) is 31.9 Å². The molecule has 1 aromatic rings. The number of furan rings is 1. The number of ether oxygens (including phenoxy) is 2. The van der Waals surface area contributed by atoms with E-state index in [4.69, 9.17) is 13.9 Å². The van der Waals surface area contributed by atoms with E-state index < -0.39 is 12.2 Å². The molecule has 3 rings (SSSR count). The minimum atomic E-state index is -0.470. The summed E-state index contributed by atoms with van der Waals surface area (Å²) in [6, 6.07) is 0. The van der Waals surface area contributed by atoms with Crippen molar-refractivity contribution < 1.29 is 23.5 Å². The second-order valence-corrected chi connectivity index (χ2v) is 9.41. The molecule has 29 heavy (non-hydrogen) atoms. The van der Waals surface area contributed by atoms with Gasteiger partial charge >= 0.3 is 11.9 Å². The zero-order valence-corrected chi connectivity index (χ0v) is 18.5. The summed E-state index contributed by atoms with van der Waals surface area (Å²) in [5.41, 5.74) is 2.61. The Morgan fingerprint density at radius 3 is 2.69 bits per heavy atom. The van der Waals surface area contributed by atoms with E-state index in [9.17, 15) is 9.59 Å². The van der Waals surface area contributed by atoms with E-state index in [1.54, 1.807) is 13.0 Å². The standard InChI is InChI=1S/C24H34O5/c1-7-15(4)23(26)29-22-19(28-21(25)10-14(2)3)9-8-17-11-20-18(12-24(17,22)6)16(5)13-27-20/h7,13-14,17,19,22H,8-12H2,1-6H3/b15-7+/t17-,19+,22+,24+/m1/s1. The zero-order chi connectivity index (χ0) is 21.3. The van der Waals surface area contributed by atoms with E-state index in [2.05, 4.69) is 13.8 Å².